The number of H-pyrrole nitrogens is 1. The number of carbonyl (C=O) groups is 1. The molecule has 0 aromatic carbocycles. The summed E-state index contributed by atoms with van der Waals surface area (Å²) in [5.74, 6) is 1.63. The van der Waals surface area contributed by atoms with Gasteiger partial charge in [-0.25, -0.2) is 0 Å². The van der Waals surface area contributed by atoms with Crippen LogP contribution in [0.15, 0.2) is 12.4 Å². The van der Waals surface area contributed by atoms with Crippen molar-refractivity contribution in [2.45, 2.75) is 39.0 Å². The Hall–Kier alpha value is -1.32. The molecule has 0 radical (unpaired) electrons. The Bertz CT molecular complexity index is 348. The zero-order valence-electron chi connectivity index (χ0n) is 10.4. The van der Waals surface area contributed by atoms with E-state index in [9.17, 15) is 4.79 Å². The highest BCUT2D eigenvalue weighted by molar-refractivity contribution is 5.93. The van der Waals surface area contributed by atoms with Crippen molar-refractivity contribution in [3.05, 3.63) is 18.0 Å². The Balaban J connectivity index is 1.67. The second-order valence-electron chi connectivity index (χ2n) is 5.17. The largest absolute Gasteiger partial charge is 0.352 e. The third-order valence-electron chi connectivity index (χ3n) is 3.64. The molecule has 4 nitrogen and oxygen atoms in total. The summed E-state index contributed by atoms with van der Waals surface area (Å²) >= 11 is 0. The summed E-state index contributed by atoms with van der Waals surface area (Å²) in [7, 11) is 0. The van der Waals surface area contributed by atoms with Crippen LogP contribution in [0.2, 0.25) is 0 Å². The van der Waals surface area contributed by atoms with Crippen LogP contribution >= 0.6 is 0 Å². The second-order valence-corrected chi connectivity index (χ2v) is 5.17. The van der Waals surface area contributed by atoms with Crippen molar-refractivity contribution in [1.82, 2.24) is 15.5 Å². The Morgan fingerprint density at radius 3 is 3.18 bits per heavy atom. The van der Waals surface area contributed by atoms with E-state index in [0.29, 0.717) is 5.56 Å². The van der Waals surface area contributed by atoms with Gasteiger partial charge in [0, 0.05) is 12.7 Å². The molecule has 17 heavy (non-hydrogen) atoms. The topological polar surface area (TPSA) is 57.8 Å². The molecule has 1 saturated carbocycles. The molecule has 0 aliphatic heterocycles. The van der Waals surface area contributed by atoms with E-state index in [4.69, 9.17) is 0 Å². The summed E-state index contributed by atoms with van der Waals surface area (Å²) in [5, 5.41) is 9.36. The van der Waals surface area contributed by atoms with Crippen LogP contribution in [0.3, 0.4) is 0 Å². The summed E-state index contributed by atoms with van der Waals surface area (Å²) in [6, 6.07) is 0. The molecule has 94 valence electrons. The van der Waals surface area contributed by atoms with Crippen LogP contribution in [0.25, 0.3) is 0 Å². The molecule has 1 aliphatic rings. The summed E-state index contributed by atoms with van der Waals surface area (Å²) in [5.41, 5.74) is 0.613. The van der Waals surface area contributed by atoms with E-state index < -0.39 is 0 Å². The average molecular weight is 235 g/mol. The Kier molecular flexibility index (Phi) is 4.18. The van der Waals surface area contributed by atoms with Gasteiger partial charge in [0.2, 0.25) is 0 Å². The van der Waals surface area contributed by atoms with Gasteiger partial charge in [-0.15, -0.1) is 0 Å². The molecule has 1 aromatic heterocycles. The fourth-order valence-corrected chi connectivity index (χ4v) is 2.69. The predicted octanol–water partition coefficient (Wildman–Crippen LogP) is 2.36. The molecule has 4 heteroatoms. The number of nitrogens with one attached hydrogen (secondary N) is 2. The molecular weight excluding hydrogens is 214 g/mol. The lowest BCUT2D eigenvalue weighted by atomic mass is 9.81. The van der Waals surface area contributed by atoms with Crippen molar-refractivity contribution < 1.29 is 4.79 Å². The number of rotatable bonds is 4. The molecule has 2 rings (SSSR count). The van der Waals surface area contributed by atoms with Crippen LogP contribution in [-0.2, 0) is 0 Å². The number of hydrogen-bond acceptors (Lipinski definition) is 2. The number of amides is 1. The van der Waals surface area contributed by atoms with Gasteiger partial charge in [0.15, 0.2) is 0 Å². The van der Waals surface area contributed by atoms with E-state index in [0.717, 1.165) is 24.8 Å². The minimum atomic E-state index is -0.0254. The van der Waals surface area contributed by atoms with Crippen LogP contribution < -0.4 is 5.32 Å². The summed E-state index contributed by atoms with van der Waals surface area (Å²) in [6.07, 6.45) is 9.65. The first kappa shape index (κ1) is 12.1. The van der Waals surface area contributed by atoms with Gasteiger partial charge in [0.05, 0.1) is 11.8 Å². The van der Waals surface area contributed by atoms with Crippen molar-refractivity contribution in [2.24, 2.45) is 11.8 Å². The van der Waals surface area contributed by atoms with E-state index in [1.807, 2.05) is 0 Å². The molecule has 2 unspecified atom stereocenters. The molecule has 0 spiro atoms. The molecule has 1 aromatic rings. The van der Waals surface area contributed by atoms with Crippen molar-refractivity contribution in [3.8, 4) is 0 Å². The maximum absolute atomic E-state index is 11.6. The molecule has 1 amide bonds. The zero-order chi connectivity index (χ0) is 12.1. The van der Waals surface area contributed by atoms with E-state index in [-0.39, 0.29) is 5.91 Å². The van der Waals surface area contributed by atoms with Gasteiger partial charge in [-0.1, -0.05) is 26.2 Å². The van der Waals surface area contributed by atoms with Crippen molar-refractivity contribution in [2.75, 3.05) is 6.54 Å². The molecule has 1 heterocycles. The molecule has 1 fully saturated rings. The Labute approximate surface area is 102 Å². The minimum absolute atomic E-state index is 0.0254. The van der Waals surface area contributed by atoms with Crippen LogP contribution in [0.5, 0.6) is 0 Å². The standard InChI is InChI=1S/C13H21N3O/c1-10-3-2-4-11(7-10)5-6-14-13(17)12-8-15-16-9-12/h8-11H,2-7H2,1H3,(H,14,17)(H,15,16). The van der Waals surface area contributed by atoms with Crippen molar-refractivity contribution in [3.63, 3.8) is 0 Å². The first-order valence-electron chi connectivity index (χ1n) is 6.52. The van der Waals surface area contributed by atoms with Crippen molar-refractivity contribution in [1.29, 1.82) is 0 Å². The monoisotopic (exact) mass is 235 g/mol. The normalized spacial score (nSPS) is 24.5. The molecular formula is C13H21N3O. The lowest BCUT2D eigenvalue weighted by Crippen LogP contribution is -2.26. The minimum Gasteiger partial charge on any atom is -0.352 e. The number of hydrogen-bond donors (Lipinski definition) is 2. The van der Waals surface area contributed by atoms with Crippen molar-refractivity contribution >= 4 is 5.91 Å². The third-order valence-corrected chi connectivity index (χ3v) is 3.64. The number of aromatic nitrogens is 2. The van der Waals surface area contributed by atoms with Crippen LogP contribution in [0.1, 0.15) is 49.4 Å². The maximum atomic E-state index is 11.6. The van der Waals surface area contributed by atoms with Gasteiger partial charge >= 0.3 is 0 Å². The average Bonchev–Trinajstić information content (AvgIpc) is 2.82. The lowest BCUT2D eigenvalue weighted by Gasteiger charge is -2.26. The predicted molar refractivity (Wildman–Crippen MR) is 66.7 cm³/mol. The smallest absolute Gasteiger partial charge is 0.254 e. The van der Waals surface area contributed by atoms with Gasteiger partial charge in [-0.05, 0) is 24.7 Å². The fraction of sp³-hybridized carbons (Fsp3) is 0.692. The Morgan fingerprint density at radius 1 is 1.59 bits per heavy atom. The summed E-state index contributed by atoms with van der Waals surface area (Å²) in [4.78, 5) is 11.6. The number of nitrogens with zero attached hydrogens (tertiary/aromatic N) is 1. The number of aromatic amines is 1. The Morgan fingerprint density at radius 2 is 2.47 bits per heavy atom. The van der Waals surface area contributed by atoms with Gasteiger partial charge < -0.3 is 5.32 Å². The van der Waals surface area contributed by atoms with Crippen LogP contribution in [0, 0.1) is 11.8 Å². The third kappa shape index (κ3) is 3.58. The fourth-order valence-electron chi connectivity index (χ4n) is 2.69. The molecule has 0 bridgehead atoms. The molecule has 1 aliphatic carbocycles. The van der Waals surface area contributed by atoms with E-state index >= 15 is 0 Å². The molecule has 0 saturated heterocycles. The van der Waals surface area contributed by atoms with E-state index in [2.05, 4.69) is 22.4 Å². The van der Waals surface area contributed by atoms with E-state index in [1.165, 1.54) is 25.7 Å². The highest BCUT2D eigenvalue weighted by atomic mass is 16.1. The molecule has 2 atom stereocenters. The summed E-state index contributed by atoms with van der Waals surface area (Å²) < 4.78 is 0. The SMILES string of the molecule is CC1CCCC(CCNC(=O)c2cn[nH]c2)C1. The highest BCUT2D eigenvalue weighted by Gasteiger charge is 2.18. The maximum Gasteiger partial charge on any atom is 0.254 e. The quantitative estimate of drug-likeness (QED) is 0.841. The molecule has 2 N–H and O–H groups in total. The zero-order valence-corrected chi connectivity index (χ0v) is 10.4. The summed E-state index contributed by atoms with van der Waals surface area (Å²) in [6.45, 7) is 3.11. The van der Waals surface area contributed by atoms with Gasteiger partial charge in [-0.2, -0.15) is 5.10 Å². The second kappa shape index (κ2) is 5.84. The van der Waals surface area contributed by atoms with Gasteiger partial charge in [0.1, 0.15) is 0 Å². The number of carbonyl (C=O) groups excluding carboxylic acids is 1. The van der Waals surface area contributed by atoms with Crippen LogP contribution in [0.4, 0.5) is 0 Å². The first-order chi connectivity index (χ1) is 8.25. The van der Waals surface area contributed by atoms with E-state index in [1.54, 1.807) is 12.4 Å². The highest BCUT2D eigenvalue weighted by Crippen LogP contribution is 2.30. The van der Waals surface area contributed by atoms with Gasteiger partial charge in [0.25, 0.3) is 5.91 Å². The van der Waals surface area contributed by atoms with Gasteiger partial charge in [-0.3, -0.25) is 9.89 Å². The van der Waals surface area contributed by atoms with Crippen LogP contribution in [-0.4, -0.2) is 22.6 Å². The lowest BCUT2D eigenvalue weighted by molar-refractivity contribution is 0.0949. The first-order valence-corrected chi connectivity index (χ1v) is 6.52.